The lowest BCUT2D eigenvalue weighted by atomic mass is 10.3. The quantitative estimate of drug-likeness (QED) is 0.803. The molecule has 0 N–H and O–H groups in total. The van der Waals surface area contributed by atoms with E-state index >= 15 is 0 Å². The molecule has 21 heavy (non-hydrogen) atoms. The van der Waals surface area contributed by atoms with Crippen LogP contribution in [0.1, 0.15) is 29.9 Å². The lowest BCUT2D eigenvalue weighted by molar-refractivity contribution is -0.134. The SMILES string of the molecule is Cc1ccn2cc(C(=O)OCC(=O)N(C)C(C)C)nc2c1. The molecule has 2 aromatic heterocycles. The predicted octanol–water partition coefficient (Wildman–Crippen LogP) is 1.67. The lowest BCUT2D eigenvalue weighted by Gasteiger charge is -2.20. The monoisotopic (exact) mass is 289 g/mol. The van der Waals surface area contributed by atoms with E-state index in [2.05, 4.69) is 4.98 Å². The summed E-state index contributed by atoms with van der Waals surface area (Å²) < 4.78 is 6.76. The van der Waals surface area contributed by atoms with E-state index in [0.717, 1.165) is 5.56 Å². The number of ether oxygens (including phenoxy) is 1. The summed E-state index contributed by atoms with van der Waals surface area (Å²) in [4.78, 5) is 29.4. The molecule has 6 nitrogen and oxygen atoms in total. The van der Waals surface area contributed by atoms with Gasteiger partial charge in [-0.25, -0.2) is 9.78 Å². The molecule has 0 aliphatic rings. The predicted molar refractivity (Wildman–Crippen MR) is 78.1 cm³/mol. The highest BCUT2D eigenvalue weighted by Crippen LogP contribution is 2.08. The van der Waals surface area contributed by atoms with Crippen molar-refractivity contribution in [2.24, 2.45) is 0 Å². The van der Waals surface area contributed by atoms with Crippen LogP contribution in [0.5, 0.6) is 0 Å². The van der Waals surface area contributed by atoms with Crippen LogP contribution in [0, 0.1) is 6.92 Å². The summed E-state index contributed by atoms with van der Waals surface area (Å²) in [5, 5.41) is 0. The molecule has 0 saturated heterocycles. The van der Waals surface area contributed by atoms with Crippen molar-refractivity contribution in [3.8, 4) is 0 Å². The average molecular weight is 289 g/mol. The van der Waals surface area contributed by atoms with Crippen molar-refractivity contribution in [2.75, 3.05) is 13.7 Å². The Morgan fingerprint density at radius 2 is 2.14 bits per heavy atom. The zero-order valence-electron chi connectivity index (χ0n) is 12.7. The largest absolute Gasteiger partial charge is 0.451 e. The van der Waals surface area contributed by atoms with Crippen LogP contribution < -0.4 is 0 Å². The van der Waals surface area contributed by atoms with Crippen molar-refractivity contribution in [3.05, 3.63) is 35.8 Å². The van der Waals surface area contributed by atoms with E-state index < -0.39 is 5.97 Å². The zero-order chi connectivity index (χ0) is 15.6. The second-order valence-electron chi connectivity index (χ2n) is 5.27. The van der Waals surface area contributed by atoms with Crippen molar-refractivity contribution < 1.29 is 14.3 Å². The zero-order valence-corrected chi connectivity index (χ0v) is 12.7. The molecule has 0 saturated carbocycles. The lowest BCUT2D eigenvalue weighted by Crippen LogP contribution is -2.36. The van der Waals surface area contributed by atoms with Crippen molar-refractivity contribution in [2.45, 2.75) is 26.8 Å². The summed E-state index contributed by atoms with van der Waals surface area (Å²) in [6, 6.07) is 3.86. The summed E-state index contributed by atoms with van der Waals surface area (Å²) in [5.74, 6) is -0.834. The molecular formula is C15H19N3O3. The van der Waals surface area contributed by atoms with E-state index in [1.54, 1.807) is 17.6 Å². The molecule has 0 atom stereocenters. The van der Waals surface area contributed by atoms with Gasteiger partial charge >= 0.3 is 5.97 Å². The van der Waals surface area contributed by atoms with Crippen LogP contribution in [0.3, 0.4) is 0 Å². The third kappa shape index (κ3) is 3.39. The molecule has 0 aromatic carbocycles. The number of aromatic nitrogens is 2. The Kier molecular flexibility index (Phi) is 4.26. The number of likely N-dealkylation sites (N-methyl/N-ethyl adjacent to an activating group) is 1. The maximum atomic E-state index is 11.9. The van der Waals surface area contributed by atoms with Crippen molar-refractivity contribution in [1.82, 2.24) is 14.3 Å². The maximum Gasteiger partial charge on any atom is 0.359 e. The first-order valence-corrected chi connectivity index (χ1v) is 6.76. The van der Waals surface area contributed by atoms with Crippen molar-refractivity contribution in [3.63, 3.8) is 0 Å². The minimum Gasteiger partial charge on any atom is -0.451 e. The average Bonchev–Trinajstić information content (AvgIpc) is 2.86. The normalized spacial score (nSPS) is 10.9. The van der Waals surface area contributed by atoms with Crippen LogP contribution in [0.15, 0.2) is 24.5 Å². The number of hydrogen-bond acceptors (Lipinski definition) is 4. The van der Waals surface area contributed by atoms with Gasteiger partial charge in [-0.3, -0.25) is 4.79 Å². The number of hydrogen-bond donors (Lipinski definition) is 0. The number of rotatable bonds is 4. The standard InChI is InChI=1S/C15H19N3O3/c1-10(2)17(4)14(19)9-21-15(20)12-8-18-6-5-11(3)7-13(18)16-12/h5-8,10H,9H2,1-4H3. The molecule has 0 unspecified atom stereocenters. The number of aryl methyl sites for hydroxylation is 1. The summed E-state index contributed by atoms with van der Waals surface area (Å²) in [7, 11) is 1.68. The number of imidazole rings is 1. The molecule has 0 spiro atoms. The number of carbonyl (C=O) groups is 2. The fourth-order valence-corrected chi connectivity index (χ4v) is 1.77. The molecule has 6 heteroatoms. The Bertz CT molecular complexity index is 676. The van der Waals surface area contributed by atoms with Gasteiger partial charge in [0.25, 0.3) is 5.91 Å². The Balaban J connectivity index is 2.04. The third-order valence-electron chi connectivity index (χ3n) is 3.32. The number of fused-ring (bicyclic) bond motifs is 1. The van der Waals surface area contributed by atoms with Gasteiger partial charge in [-0.2, -0.15) is 0 Å². The van der Waals surface area contributed by atoms with Gasteiger partial charge in [0.15, 0.2) is 12.3 Å². The van der Waals surface area contributed by atoms with Gasteiger partial charge in [0.05, 0.1) is 0 Å². The van der Waals surface area contributed by atoms with Gasteiger partial charge in [-0.1, -0.05) is 0 Å². The minimum atomic E-state index is -0.596. The molecular weight excluding hydrogens is 270 g/mol. The number of nitrogens with zero attached hydrogens (tertiary/aromatic N) is 3. The van der Waals surface area contributed by atoms with E-state index in [9.17, 15) is 9.59 Å². The Hall–Kier alpha value is -2.37. The number of carbonyl (C=O) groups excluding carboxylic acids is 2. The molecule has 112 valence electrons. The van der Waals surface area contributed by atoms with Gasteiger partial charge in [0.2, 0.25) is 0 Å². The highest BCUT2D eigenvalue weighted by molar-refractivity contribution is 5.90. The molecule has 0 bridgehead atoms. The van der Waals surface area contributed by atoms with Crippen LogP contribution in [0.25, 0.3) is 5.65 Å². The van der Waals surface area contributed by atoms with E-state index in [0.29, 0.717) is 5.65 Å². The van der Waals surface area contributed by atoms with Crippen LogP contribution in [0.4, 0.5) is 0 Å². The summed E-state index contributed by atoms with van der Waals surface area (Å²) in [5.41, 5.74) is 1.93. The molecule has 0 radical (unpaired) electrons. The van der Waals surface area contributed by atoms with Crippen LogP contribution in [-0.4, -0.2) is 45.9 Å². The second kappa shape index (κ2) is 5.95. The Morgan fingerprint density at radius 3 is 2.81 bits per heavy atom. The molecule has 0 aliphatic carbocycles. The first kappa shape index (κ1) is 15.0. The topological polar surface area (TPSA) is 63.9 Å². The van der Waals surface area contributed by atoms with E-state index in [4.69, 9.17) is 4.74 Å². The second-order valence-corrected chi connectivity index (χ2v) is 5.27. The first-order chi connectivity index (χ1) is 9.88. The molecule has 1 amide bonds. The number of amides is 1. The summed E-state index contributed by atoms with van der Waals surface area (Å²) in [6.45, 7) is 5.46. The van der Waals surface area contributed by atoms with Crippen molar-refractivity contribution >= 4 is 17.5 Å². The van der Waals surface area contributed by atoms with E-state index in [1.807, 2.05) is 39.1 Å². The van der Waals surface area contributed by atoms with Gasteiger partial charge in [0, 0.05) is 25.5 Å². The van der Waals surface area contributed by atoms with Crippen LogP contribution in [-0.2, 0) is 9.53 Å². The molecule has 2 aromatic rings. The molecule has 2 heterocycles. The molecule has 0 aliphatic heterocycles. The van der Waals surface area contributed by atoms with Gasteiger partial charge in [0.1, 0.15) is 5.65 Å². The fourth-order valence-electron chi connectivity index (χ4n) is 1.77. The fraction of sp³-hybridized carbons (Fsp3) is 0.400. The van der Waals surface area contributed by atoms with Crippen LogP contribution in [0.2, 0.25) is 0 Å². The van der Waals surface area contributed by atoms with Crippen molar-refractivity contribution in [1.29, 1.82) is 0 Å². The highest BCUT2D eigenvalue weighted by atomic mass is 16.5. The molecule has 0 fully saturated rings. The van der Waals surface area contributed by atoms with Gasteiger partial charge < -0.3 is 14.0 Å². The summed E-state index contributed by atoms with van der Waals surface area (Å²) >= 11 is 0. The van der Waals surface area contributed by atoms with Gasteiger partial charge in [-0.05, 0) is 38.5 Å². The number of esters is 1. The van der Waals surface area contributed by atoms with E-state index in [-0.39, 0.29) is 24.2 Å². The maximum absolute atomic E-state index is 11.9. The molecule has 2 rings (SSSR count). The van der Waals surface area contributed by atoms with E-state index in [1.165, 1.54) is 4.90 Å². The number of pyridine rings is 1. The summed E-state index contributed by atoms with van der Waals surface area (Å²) in [6.07, 6.45) is 3.42. The van der Waals surface area contributed by atoms with Gasteiger partial charge in [-0.15, -0.1) is 0 Å². The smallest absolute Gasteiger partial charge is 0.359 e. The third-order valence-corrected chi connectivity index (χ3v) is 3.32. The first-order valence-electron chi connectivity index (χ1n) is 6.76. The minimum absolute atomic E-state index is 0.0642. The highest BCUT2D eigenvalue weighted by Gasteiger charge is 2.17. The Labute approximate surface area is 123 Å². The Morgan fingerprint density at radius 1 is 1.43 bits per heavy atom. The van der Waals surface area contributed by atoms with Crippen LogP contribution >= 0.6 is 0 Å².